The van der Waals surface area contributed by atoms with Gasteiger partial charge in [0.25, 0.3) is 5.56 Å². The Morgan fingerprint density at radius 1 is 1.33 bits per heavy atom. The van der Waals surface area contributed by atoms with Gasteiger partial charge >= 0.3 is 5.97 Å². The third-order valence-electron chi connectivity index (χ3n) is 3.69. The van der Waals surface area contributed by atoms with E-state index in [0.29, 0.717) is 0 Å². The van der Waals surface area contributed by atoms with E-state index < -0.39 is 29.3 Å². The van der Waals surface area contributed by atoms with Crippen LogP contribution in [0.15, 0.2) is 33.2 Å². The number of phenols is 1. The van der Waals surface area contributed by atoms with Crippen molar-refractivity contribution in [3.63, 3.8) is 0 Å². The molecule has 1 heterocycles. The van der Waals surface area contributed by atoms with Gasteiger partial charge in [-0.1, -0.05) is 0 Å². The molecule has 1 unspecified atom stereocenters. The number of aromatic carboxylic acids is 1. The van der Waals surface area contributed by atoms with Crippen LogP contribution in [0, 0.1) is 18.3 Å². The largest absolute Gasteiger partial charge is 0.507 e. The number of benzene rings is 1. The van der Waals surface area contributed by atoms with E-state index >= 15 is 0 Å². The maximum Gasteiger partial charge on any atom is 0.339 e. The summed E-state index contributed by atoms with van der Waals surface area (Å²) < 4.78 is 0.815. The van der Waals surface area contributed by atoms with Gasteiger partial charge in [0.15, 0.2) is 5.69 Å². The number of aliphatic hydroxyl groups excluding tert-OH is 1. The molecule has 1 aromatic carbocycles. The first kappa shape index (κ1) is 19.6. The van der Waals surface area contributed by atoms with E-state index in [0.717, 1.165) is 16.7 Å². The molecule has 0 radical (unpaired) electrons. The normalized spacial score (nSPS) is 12.1. The molecular formula is C17H16N4O6. The SMILES string of the molecule is Cc1c(C#N)c(O)n(CC(C)O)c(=O)c1N=Nc1ccc(C(=O)O)c(O)c1. The molecule has 4 N–H and O–H groups in total. The molecule has 1 atom stereocenters. The fourth-order valence-corrected chi connectivity index (χ4v) is 2.36. The number of aromatic hydroxyl groups is 2. The first-order chi connectivity index (χ1) is 12.7. The molecule has 0 saturated heterocycles. The average molecular weight is 372 g/mol. The molecule has 0 aliphatic heterocycles. The van der Waals surface area contributed by atoms with Gasteiger partial charge in [0.2, 0.25) is 5.88 Å². The lowest BCUT2D eigenvalue weighted by Gasteiger charge is -2.14. The van der Waals surface area contributed by atoms with Gasteiger partial charge in [0.1, 0.15) is 22.9 Å². The van der Waals surface area contributed by atoms with E-state index in [-0.39, 0.29) is 34.6 Å². The van der Waals surface area contributed by atoms with Crippen molar-refractivity contribution in [3.05, 3.63) is 45.2 Å². The Balaban J connectivity index is 2.57. The molecule has 10 nitrogen and oxygen atoms in total. The van der Waals surface area contributed by atoms with Crippen LogP contribution in [0.4, 0.5) is 11.4 Å². The molecular weight excluding hydrogens is 356 g/mol. The lowest BCUT2D eigenvalue weighted by atomic mass is 10.1. The zero-order chi connectivity index (χ0) is 20.3. The van der Waals surface area contributed by atoms with E-state index in [1.807, 2.05) is 0 Å². The molecule has 0 spiro atoms. The minimum Gasteiger partial charge on any atom is -0.507 e. The number of carboxylic acids is 1. The Hall–Kier alpha value is -3.71. The molecule has 2 aromatic rings. The third-order valence-corrected chi connectivity index (χ3v) is 3.69. The fraction of sp³-hybridized carbons (Fsp3) is 0.235. The van der Waals surface area contributed by atoms with Crippen molar-refractivity contribution >= 4 is 17.3 Å². The minimum atomic E-state index is -1.31. The van der Waals surface area contributed by atoms with Crippen LogP contribution in [0.25, 0.3) is 0 Å². The van der Waals surface area contributed by atoms with Crippen molar-refractivity contribution in [1.82, 2.24) is 4.57 Å². The summed E-state index contributed by atoms with van der Waals surface area (Å²) in [7, 11) is 0. The fourth-order valence-electron chi connectivity index (χ4n) is 2.36. The molecule has 27 heavy (non-hydrogen) atoms. The summed E-state index contributed by atoms with van der Waals surface area (Å²) in [6, 6.07) is 5.24. The van der Waals surface area contributed by atoms with E-state index in [4.69, 9.17) is 5.11 Å². The maximum absolute atomic E-state index is 12.5. The highest BCUT2D eigenvalue weighted by Gasteiger charge is 2.20. The standard InChI is InChI=1S/C17H16N4O6/c1-8(22)7-21-15(24)12(6-18)9(2)14(16(21)25)20-19-10-3-4-11(17(26)27)13(23)5-10/h3-5,8,22-24H,7H2,1-2H3,(H,26,27). The number of rotatable bonds is 5. The number of carboxylic acid groups (broad SMARTS) is 1. The van der Waals surface area contributed by atoms with Gasteiger partial charge in [-0.05, 0) is 26.0 Å². The van der Waals surface area contributed by atoms with Crippen LogP contribution >= 0.6 is 0 Å². The number of aliphatic hydroxyl groups is 1. The summed E-state index contributed by atoms with van der Waals surface area (Å²) in [4.78, 5) is 23.4. The zero-order valence-corrected chi connectivity index (χ0v) is 14.4. The average Bonchev–Trinajstić information content (AvgIpc) is 2.58. The number of nitriles is 1. The predicted octanol–water partition coefficient (Wildman–Crippen LogP) is 1.93. The van der Waals surface area contributed by atoms with Crippen LogP contribution in [-0.4, -0.2) is 37.1 Å². The number of azo groups is 1. The quantitative estimate of drug-likeness (QED) is 0.581. The molecule has 0 aliphatic carbocycles. The molecule has 140 valence electrons. The summed E-state index contributed by atoms with van der Waals surface area (Å²) in [6.07, 6.45) is -0.965. The molecule has 0 saturated carbocycles. The lowest BCUT2D eigenvalue weighted by molar-refractivity contribution is 0.0693. The van der Waals surface area contributed by atoms with Crippen LogP contribution in [0.2, 0.25) is 0 Å². The van der Waals surface area contributed by atoms with Crippen LogP contribution in [0.1, 0.15) is 28.4 Å². The molecule has 0 amide bonds. The Bertz CT molecular complexity index is 1030. The lowest BCUT2D eigenvalue weighted by Crippen LogP contribution is -2.26. The number of hydrogen-bond donors (Lipinski definition) is 4. The molecule has 0 bridgehead atoms. The van der Waals surface area contributed by atoms with Gasteiger partial charge in [-0.25, -0.2) is 4.79 Å². The first-order valence-corrected chi connectivity index (χ1v) is 7.70. The highest BCUT2D eigenvalue weighted by atomic mass is 16.4. The van der Waals surface area contributed by atoms with Crippen LogP contribution in [0.5, 0.6) is 11.6 Å². The Morgan fingerprint density at radius 3 is 2.52 bits per heavy atom. The zero-order valence-electron chi connectivity index (χ0n) is 14.4. The monoisotopic (exact) mass is 372 g/mol. The smallest absolute Gasteiger partial charge is 0.339 e. The second-order valence-corrected chi connectivity index (χ2v) is 5.76. The minimum absolute atomic E-state index is 0.0740. The van der Waals surface area contributed by atoms with E-state index in [2.05, 4.69) is 10.2 Å². The van der Waals surface area contributed by atoms with E-state index in [1.165, 1.54) is 19.9 Å². The van der Waals surface area contributed by atoms with Crippen LogP contribution < -0.4 is 5.56 Å². The van der Waals surface area contributed by atoms with E-state index in [1.54, 1.807) is 6.07 Å². The van der Waals surface area contributed by atoms with Crippen molar-refractivity contribution in [3.8, 4) is 17.7 Å². The maximum atomic E-state index is 12.5. The van der Waals surface area contributed by atoms with Crippen molar-refractivity contribution in [2.45, 2.75) is 26.5 Å². The third kappa shape index (κ3) is 3.94. The molecule has 10 heteroatoms. The number of aromatic nitrogens is 1. The second kappa shape index (κ2) is 7.67. The summed E-state index contributed by atoms with van der Waals surface area (Å²) in [5.74, 6) is -2.42. The van der Waals surface area contributed by atoms with Gasteiger partial charge in [0, 0.05) is 11.6 Å². The Labute approximate surface area is 152 Å². The molecule has 0 aliphatic rings. The first-order valence-electron chi connectivity index (χ1n) is 7.70. The van der Waals surface area contributed by atoms with Gasteiger partial charge in [-0.3, -0.25) is 9.36 Å². The van der Waals surface area contributed by atoms with Gasteiger partial charge in [-0.2, -0.15) is 10.4 Å². The number of nitrogens with zero attached hydrogens (tertiary/aromatic N) is 4. The second-order valence-electron chi connectivity index (χ2n) is 5.76. The summed E-state index contributed by atoms with van der Waals surface area (Å²) >= 11 is 0. The molecule has 2 rings (SSSR count). The number of carbonyl (C=O) groups is 1. The Morgan fingerprint density at radius 2 is 2.00 bits per heavy atom. The Kier molecular flexibility index (Phi) is 5.57. The van der Waals surface area contributed by atoms with Crippen molar-refractivity contribution in [2.75, 3.05) is 0 Å². The van der Waals surface area contributed by atoms with Crippen molar-refractivity contribution in [2.24, 2.45) is 10.2 Å². The summed E-state index contributed by atoms with van der Waals surface area (Å²) in [6.45, 7) is 2.56. The van der Waals surface area contributed by atoms with Gasteiger partial charge < -0.3 is 20.4 Å². The molecule has 0 fully saturated rings. The van der Waals surface area contributed by atoms with Gasteiger partial charge in [0.05, 0.1) is 18.3 Å². The molecule has 1 aromatic heterocycles. The van der Waals surface area contributed by atoms with Crippen LogP contribution in [-0.2, 0) is 6.54 Å². The topological polar surface area (TPSA) is 168 Å². The van der Waals surface area contributed by atoms with Crippen molar-refractivity contribution in [1.29, 1.82) is 5.26 Å². The van der Waals surface area contributed by atoms with E-state index in [9.17, 15) is 30.2 Å². The van der Waals surface area contributed by atoms with Gasteiger partial charge in [-0.15, -0.1) is 5.11 Å². The summed E-state index contributed by atoms with van der Waals surface area (Å²) in [5, 5.41) is 55.0. The summed E-state index contributed by atoms with van der Waals surface area (Å²) in [5.41, 5.74) is -1.33. The number of hydrogen-bond acceptors (Lipinski definition) is 8. The predicted molar refractivity (Wildman–Crippen MR) is 92.7 cm³/mol. The van der Waals surface area contributed by atoms with Crippen molar-refractivity contribution < 1.29 is 25.2 Å². The highest BCUT2D eigenvalue weighted by Crippen LogP contribution is 2.28. The number of pyridine rings is 1. The van der Waals surface area contributed by atoms with Crippen LogP contribution in [0.3, 0.4) is 0 Å². The highest BCUT2D eigenvalue weighted by molar-refractivity contribution is 5.91.